The van der Waals surface area contributed by atoms with Crippen molar-refractivity contribution >= 4 is 39.1 Å². The Morgan fingerprint density at radius 1 is 0.900 bits per heavy atom. The van der Waals surface area contributed by atoms with E-state index in [1.807, 2.05) is 63.2 Å². The second-order valence-electron chi connectivity index (χ2n) is 9.92. The second-order valence-corrected chi connectivity index (χ2v) is 12.3. The maximum absolute atomic E-state index is 14.1. The van der Waals surface area contributed by atoms with Crippen LogP contribution in [-0.4, -0.2) is 50.0 Å². The van der Waals surface area contributed by atoms with Gasteiger partial charge in [0.05, 0.1) is 11.9 Å². The molecule has 214 valence electrons. The van der Waals surface area contributed by atoms with E-state index < -0.39 is 28.5 Å². The van der Waals surface area contributed by atoms with Gasteiger partial charge in [0.15, 0.2) is 0 Å². The third-order valence-electron chi connectivity index (χ3n) is 6.86. The highest BCUT2D eigenvalue weighted by Gasteiger charge is 2.33. The zero-order valence-electron chi connectivity index (χ0n) is 23.5. The number of hydrogen-bond donors (Lipinski definition) is 1. The third kappa shape index (κ3) is 8.57. The van der Waals surface area contributed by atoms with Gasteiger partial charge in [-0.3, -0.25) is 13.9 Å². The summed E-state index contributed by atoms with van der Waals surface area (Å²) < 4.78 is 27.1. The average molecular weight is 584 g/mol. The maximum atomic E-state index is 14.1. The third-order valence-corrected chi connectivity index (χ3v) is 8.24. The van der Waals surface area contributed by atoms with Crippen LogP contribution in [0.15, 0.2) is 78.9 Å². The molecule has 0 aliphatic rings. The number of nitrogens with zero attached hydrogens (tertiary/aromatic N) is 2. The van der Waals surface area contributed by atoms with E-state index in [0.717, 1.165) is 33.7 Å². The van der Waals surface area contributed by atoms with Crippen LogP contribution in [0, 0.1) is 0 Å². The summed E-state index contributed by atoms with van der Waals surface area (Å²) in [6.07, 6.45) is 2.68. The Kier molecular flexibility index (Phi) is 11.2. The average Bonchev–Trinajstić information content (AvgIpc) is 2.94. The Balaban J connectivity index is 2.07. The fourth-order valence-electron chi connectivity index (χ4n) is 4.43. The molecule has 3 rings (SSSR count). The summed E-state index contributed by atoms with van der Waals surface area (Å²) in [4.78, 5) is 29.3. The van der Waals surface area contributed by atoms with Crippen LogP contribution in [0.5, 0.6) is 0 Å². The van der Waals surface area contributed by atoms with Gasteiger partial charge in [0.25, 0.3) is 0 Å². The highest BCUT2D eigenvalue weighted by atomic mass is 35.5. The standard InChI is InChI=1S/C31H38ClN3O4S/c1-5-23(3)33-31(37)29(20-24-12-8-7-9-13-24)34(21-25-16-18-27(32)19-17-25)30(36)22-35(40(4,38)39)28-15-11-10-14-26(28)6-2/h7-19,23,29H,5-6,20-22H2,1-4H3,(H,33,37). The fourth-order valence-corrected chi connectivity index (χ4v) is 5.44. The van der Waals surface area contributed by atoms with Crippen molar-refractivity contribution in [3.63, 3.8) is 0 Å². The molecule has 7 nitrogen and oxygen atoms in total. The van der Waals surface area contributed by atoms with E-state index in [-0.39, 0.29) is 24.9 Å². The van der Waals surface area contributed by atoms with Crippen LogP contribution in [0.3, 0.4) is 0 Å². The number of amides is 2. The number of carbonyl (C=O) groups excluding carboxylic acids is 2. The Bertz CT molecular complexity index is 1380. The smallest absolute Gasteiger partial charge is 0.244 e. The van der Waals surface area contributed by atoms with Crippen LogP contribution < -0.4 is 9.62 Å². The predicted molar refractivity (Wildman–Crippen MR) is 162 cm³/mol. The van der Waals surface area contributed by atoms with Gasteiger partial charge >= 0.3 is 0 Å². The molecule has 9 heteroatoms. The van der Waals surface area contributed by atoms with Crippen LogP contribution in [0.1, 0.15) is 43.9 Å². The Morgan fingerprint density at radius 3 is 2.12 bits per heavy atom. The molecule has 0 fully saturated rings. The first-order chi connectivity index (χ1) is 19.0. The van der Waals surface area contributed by atoms with E-state index in [1.165, 1.54) is 4.90 Å². The molecule has 40 heavy (non-hydrogen) atoms. The molecule has 0 aliphatic heterocycles. The first kappa shape index (κ1) is 31.2. The normalized spacial score (nSPS) is 12.8. The van der Waals surface area contributed by atoms with Crippen molar-refractivity contribution in [2.75, 3.05) is 17.1 Å². The summed E-state index contributed by atoms with van der Waals surface area (Å²) >= 11 is 6.10. The van der Waals surface area contributed by atoms with Gasteiger partial charge in [0.2, 0.25) is 21.8 Å². The van der Waals surface area contributed by atoms with E-state index >= 15 is 0 Å². The summed E-state index contributed by atoms with van der Waals surface area (Å²) in [5, 5.41) is 3.58. The highest BCUT2D eigenvalue weighted by Crippen LogP contribution is 2.25. The molecule has 3 aromatic rings. The summed E-state index contributed by atoms with van der Waals surface area (Å²) in [6.45, 7) is 5.49. The number of benzene rings is 3. The molecule has 0 aromatic heterocycles. The topological polar surface area (TPSA) is 86.8 Å². The number of nitrogens with one attached hydrogen (secondary N) is 1. The van der Waals surface area contributed by atoms with Crippen molar-refractivity contribution in [2.45, 2.75) is 58.7 Å². The van der Waals surface area contributed by atoms with Gasteiger partial charge in [-0.2, -0.15) is 0 Å². The highest BCUT2D eigenvalue weighted by molar-refractivity contribution is 7.92. The van der Waals surface area contributed by atoms with Crippen molar-refractivity contribution in [3.8, 4) is 0 Å². The van der Waals surface area contributed by atoms with E-state index in [1.54, 1.807) is 36.4 Å². The van der Waals surface area contributed by atoms with Gasteiger partial charge in [-0.1, -0.05) is 86.1 Å². The minimum Gasteiger partial charge on any atom is -0.352 e. The zero-order valence-corrected chi connectivity index (χ0v) is 25.1. The van der Waals surface area contributed by atoms with E-state index in [9.17, 15) is 18.0 Å². The number of para-hydroxylation sites is 1. The molecule has 2 amide bonds. The maximum Gasteiger partial charge on any atom is 0.244 e. The zero-order chi connectivity index (χ0) is 29.3. The number of aryl methyl sites for hydroxylation is 1. The number of carbonyl (C=O) groups is 2. The number of rotatable bonds is 13. The monoisotopic (exact) mass is 583 g/mol. The lowest BCUT2D eigenvalue weighted by atomic mass is 10.0. The first-order valence-corrected chi connectivity index (χ1v) is 15.7. The van der Waals surface area contributed by atoms with Crippen molar-refractivity contribution in [1.29, 1.82) is 0 Å². The predicted octanol–water partition coefficient (Wildman–Crippen LogP) is 5.22. The summed E-state index contributed by atoms with van der Waals surface area (Å²) in [6, 6.07) is 22.7. The van der Waals surface area contributed by atoms with Gasteiger partial charge in [0.1, 0.15) is 12.6 Å². The molecular formula is C31H38ClN3O4S. The number of anilines is 1. The van der Waals surface area contributed by atoms with E-state index in [0.29, 0.717) is 17.1 Å². The van der Waals surface area contributed by atoms with Crippen LogP contribution >= 0.6 is 11.6 Å². The molecule has 0 bridgehead atoms. The number of sulfonamides is 1. The van der Waals surface area contributed by atoms with Gasteiger partial charge in [0, 0.05) is 24.0 Å². The Morgan fingerprint density at radius 2 is 1.52 bits per heavy atom. The summed E-state index contributed by atoms with van der Waals surface area (Å²) in [5.74, 6) is -0.771. The molecule has 1 N–H and O–H groups in total. The van der Waals surface area contributed by atoms with Crippen molar-refractivity contribution in [3.05, 3.63) is 101 Å². The second kappa shape index (κ2) is 14.3. The molecular weight excluding hydrogens is 546 g/mol. The molecule has 0 spiro atoms. The molecule has 3 aromatic carbocycles. The van der Waals surface area contributed by atoms with Gasteiger partial charge in [-0.15, -0.1) is 0 Å². The first-order valence-electron chi connectivity index (χ1n) is 13.5. The lowest BCUT2D eigenvalue weighted by Crippen LogP contribution is -2.54. The fraction of sp³-hybridized carbons (Fsp3) is 0.355. The molecule has 0 saturated heterocycles. The quantitative estimate of drug-likeness (QED) is 0.299. The summed E-state index contributed by atoms with van der Waals surface area (Å²) in [7, 11) is -3.82. The van der Waals surface area contributed by atoms with Crippen LogP contribution in [-0.2, 0) is 39.0 Å². The minimum absolute atomic E-state index is 0.0952. The molecule has 2 unspecified atom stereocenters. The molecule has 0 saturated carbocycles. The van der Waals surface area contributed by atoms with Crippen molar-refractivity contribution < 1.29 is 18.0 Å². The van der Waals surface area contributed by atoms with Gasteiger partial charge in [-0.05, 0) is 54.7 Å². The van der Waals surface area contributed by atoms with Crippen molar-refractivity contribution in [1.82, 2.24) is 10.2 Å². The lowest BCUT2D eigenvalue weighted by Gasteiger charge is -2.34. The van der Waals surface area contributed by atoms with Gasteiger partial charge < -0.3 is 10.2 Å². The van der Waals surface area contributed by atoms with Gasteiger partial charge in [-0.25, -0.2) is 8.42 Å². The van der Waals surface area contributed by atoms with Crippen LogP contribution in [0.25, 0.3) is 0 Å². The largest absolute Gasteiger partial charge is 0.352 e. The lowest BCUT2D eigenvalue weighted by molar-refractivity contribution is -0.140. The Hall–Kier alpha value is -3.36. The number of hydrogen-bond acceptors (Lipinski definition) is 4. The molecule has 2 atom stereocenters. The minimum atomic E-state index is -3.82. The van der Waals surface area contributed by atoms with Crippen LogP contribution in [0.2, 0.25) is 5.02 Å². The Labute approximate surface area is 243 Å². The van der Waals surface area contributed by atoms with E-state index in [2.05, 4.69) is 5.32 Å². The van der Waals surface area contributed by atoms with Crippen LogP contribution in [0.4, 0.5) is 5.69 Å². The SMILES string of the molecule is CCc1ccccc1N(CC(=O)N(Cc1ccc(Cl)cc1)C(Cc1ccccc1)C(=O)NC(C)CC)S(C)(=O)=O. The van der Waals surface area contributed by atoms with E-state index in [4.69, 9.17) is 11.6 Å². The summed E-state index contributed by atoms with van der Waals surface area (Å²) in [5.41, 5.74) is 2.92. The molecule has 0 aliphatic carbocycles. The number of halogens is 1. The molecule has 0 radical (unpaired) electrons. The van der Waals surface area contributed by atoms with Crippen molar-refractivity contribution in [2.24, 2.45) is 0 Å². The molecule has 0 heterocycles.